The molecule has 0 saturated carbocycles. The van der Waals surface area contributed by atoms with Crippen LogP contribution >= 0.6 is 0 Å². The van der Waals surface area contributed by atoms with Crippen LogP contribution in [-0.4, -0.2) is 19.5 Å². The molecular weight excluding hydrogens is 188 g/mol. The van der Waals surface area contributed by atoms with Crippen LogP contribution < -0.4 is 0 Å². The summed E-state index contributed by atoms with van der Waals surface area (Å²) in [7, 11) is 0. The highest BCUT2D eigenvalue weighted by molar-refractivity contribution is 4.81. The minimum absolute atomic E-state index is 0.0178. The Bertz CT molecular complexity index is 137. The van der Waals surface area contributed by atoms with Gasteiger partial charge in [-0.1, -0.05) is 31.9 Å². The van der Waals surface area contributed by atoms with Crippen LogP contribution in [0, 0.1) is 0 Å². The quantitative estimate of drug-likeness (QED) is 0.312. The summed E-state index contributed by atoms with van der Waals surface area (Å²) in [5.74, 6) is 0. The summed E-state index contributed by atoms with van der Waals surface area (Å²) in [5, 5.41) is 0. The average Bonchev–Trinajstić information content (AvgIpc) is 2.24. The van der Waals surface area contributed by atoms with Gasteiger partial charge in [0.2, 0.25) is 0 Å². The topological polar surface area (TPSA) is 18.5 Å². The molecule has 0 unspecified atom stereocenters. The van der Waals surface area contributed by atoms with Gasteiger partial charge in [0, 0.05) is 19.6 Å². The molecule has 0 spiro atoms. The van der Waals surface area contributed by atoms with Crippen molar-refractivity contribution in [2.45, 2.75) is 59.2 Å². The number of unbranched alkanes of at least 4 members (excludes halogenated alkanes) is 2. The van der Waals surface area contributed by atoms with Crippen molar-refractivity contribution in [1.29, 1.82) is 0 Å². The number of ether oxygens (including phenoxy) is 2. The van der Waals surface area contributed by atoms with Crippen LogP contribution in [0.2, 0.25) is 0 Å². The van der Waals surface area contributed by atoms with Crippen LogP contribution in [0.25, 0.3) is 0 Å². The molecule has 0 atom stereocenters. The molecule has 2 nitrogen and oxygen atoms in total. The molecule has 15 heavy (non-hydrogen) atoms. The summed E-state index contributed by atoms with van der Waals surface area (Å²) in [4.78, 5) is 0. The van der Waals surface area contributed by atoms with E-state index in [4.69, 9.17) is 9.47 Å². The largest absolute Gasteiger partial charge is 0.353 e. The van der Waals surface area contributed by atoms with Crippen molar-refractivity contribution in [3.05, 3.63) is 12.2 Å². The maximum Gasteiger partial charge on any atom is 0.157 e. The summed E-state index contributed by atoms with van der Waals surface area (Å²) in [6.07, 6.45) is 10.3. The van der Waals surface area contributed by atoms with E-state index < -0.39 is 0 Å². The highest BCUT2D eigenvalue weighted by Gasteiger charge is 2.05. The summed E-state index contributed by atoms with van der Waals surface area (Å²) >= 11 is 0. The molecule has 0 aromatic carbocycles. The smallest absolute Gasteiger partial charge is 0.157 e. The Labute approximate surface area is 94.7 Å². The molecule has 0 rings (SSSR count). The molecule has 0 N–H and O–H groups in total. The maximum atomic E-state index is 5.45. The molecule has 0 fully saturated rings. The molecule has 0 radical (unpaired) electrons. The lowest BCUT2D eigenvalue weighted by atomic mass is 10.2. The summed E-state index contributed by atoms with van der Waals surface area (Å²) in [6, 6.07) is 0. The van der Waals surface area contributed by atoms with E-state index in [1.165, 1.54) is 19.3 Å². The van der Waals surface area contributed by atoms with Crippen LogP contribution in [0.1, 0.15) is 52.9 Å². The number of hydrogen-bond acceptors (Lipinski definition) is 2. The molecule has 0 aliphatic heterocycles. The van der Waals surface area contributed by atoms with Crippen LogP contribution in [0.3, 0.4) is 0 Å². The molecule has 0 aliphatic carbocycles. The highest BCUT2D eigenvalue weighted by atomic mass is 16.7. The van der Waals surface area contributed by atoms with E-state index in [2.05, 4.69) is 19.1 Å². The van der Waals surface area contributed by atoms with Crippen molar-refractivity contribution >= 4 is 0 Å². The molecular formula is C13H26O2. The fourth-order valence-corrected chi connectivity index (χ4v) is 1.38. The van der Waals surface area contributed by atoms with E-state index in [1.807, 2.05) is 13.8 Å². The Morgan fingerprint density at radius 2 is 1.53 bits per heavy atom. The number of hydrogen-bond donors (Lipinski definition) is 0. The first-order valence-corrected chi connectivity index (χ1v) is 6.23. The maximum absolute atomic E-state index is 5.45. The van der Waals surface area contributed by atoms with Crippen molar-refractivity contribution in [1.82, 2.24) is 0 Å². The molecule has 0 bridgehead atoms. The van der Waals surface area contributed by atoms with Gasteiger partial charge >= 0.3 is 0 Å². The van der Waals surface area contributed by atoms with Gasteiger partial charge in [0.25, 0.3) is 0 Å². The van der Waals surface area contributed by atoms with Gasteiger partial charge in [0.15, 0.2) is 6.29 Å². The Hall–Kier alpha value is -0.340. The minimum Gasteiger partial charge on any atom is -0.353 e. The SMILES string of the molecule is CCCC/C=C/CCC(OCC)OCC. The van der Waals surface area contributed by atoms with Crippen molar-refractivity contribution in [2.75, 3.05) is 13.2 Å². The molecule has 0 heterocycles. The molecule has 90 valence electrons. The predicted molar refractivity (Wildman–Crippen MR) is 64.9 cm³/mol. The Morgan fingerprint density at radius 3 is 2.07 bits per heavy atom. The van der Waals surface area contributed by atoms with Gasteiger partial charge in [-0.15, -0.1) is 0 Å². The first-order valence-electron chi connectivity index (χ1n) is 6.23. The minimum atomic E-state index is -0.0178. The Morgan fingerprint density at radius 1 is 0.933 bits per heavy atom. The first kappa shape index (κ1) is 14.7. The lowest BCUT2D eigenvalue weighted by Crippen LogP contribution is -2.16. The van der Waals surface area contributed by atoms with Gasteiger partial charge in [-0.2, -0.15) is 0 Å². The lowest BCUT2D eigenvalue weighted by molar-refractivity contribution is -0.138. The van der Waals surface area contributed by atoms with E-state index in [0.717, 1.165) is 26.1 Å². The Balaban J connectivity index is 3.47. The molecule has 2 heteroatoms. The summed E-state index contributed by atoms with van der Waals surface area (Å²) < 4.78 is 10.9. The van der Waals surface area contributed by atoms with Gasteiger partial charge in [-0.25, -0.2) is 0 Å². The van der Waals surface area contributed by atoms with Gasteiger partial charge < -0.3 is 9.47 Å². The zero-order valence-corrected chi connectivity index (χ0v) is 10.5. The second kappa shape index (κ2) is 11.7. The van der Waals surface area contributed by atoms with Crippen molar-refractivity contribution in [2.24, 2.45) is 0 Å². The van der Waals surface area contributed by atoms with E-state index in [1.54, 1.807) is 0 Å². The van der Waals surface area contributed by atoms with Crippen LogP contribution in [0.15, 0.2) is 12.2 Å². The summed E-state index contributed by atoms with van der Waals surface area (Å²) in [6.45, 7) is 7.68. The van der Waals surface area contributed by atoms with Gasteiger partial charge in [-0.05, 0) is 26.7 Å². The Kier molecular flexibility index (Phi) is 11.5. The van der Waals surface area contributed by atoms with Crippen LogP contribution in [0.5, 0.6) is 0 Å². The zero-order valence-electron chi connectivity index (χ0n) is 10.5. The second-order valence-electron chi connectivity index (χ2n) is 3.53. The van der Waals surface area contributed by atoms with Gasteiger partial charge in [0.1, 0.15) is 0 Å². The normalized spacial score (nSPS) is 11.7. The molecule has 0 aromatic heterocycles. The molecule has 0 aromatic rings. The standard InChI is InChI=1S/C13H26O2/c1-4-7-8-9-10-11-12-13(14-5-2)15-6-3/h9-10,13H,4-8,11-12H2,1-3H3/b10-9+. The second-order valence-corrected chi connectivity index (χ2v) is 3.53. The van der Waals surface area contributed by atoms with E-state index in [0.29, 0.717) is 0 Å². The average molecular weight is 214 g/mol. The van der Waals surface area contributed by atoms with E-state index >= 15 is 0 Å². The van der Waals surface area contributed by atoms with E-state index in [-0.39, 0.29) is 6.29 Å². The van der Waals surface area contributed by atoms with Crippen molar-refractivity contribution in [3.8, 4) is 0 Å². The fraction of sp³-hybridized carbons (Fsp3) is 0.846. The van der Waals surface area contributed by atoms with Crippen LogP contribution in [-0.2, 0) is 9.47 Å². The third-order valence-corrected chi connectivity index (χ3v) is 2.17. The van der Waals surface area contributed by atoms with Crippen molar-refractivity contribution in [3.63, 3.8) is 0 Å². The van der Waals surface area contributed by atoms with Crippen molar-refractivity contribution < 1.29 is 9.47 Å². The number of rotatable bonds is 10. The zero-order chi connectivity index (χ0) is 11.4. The van der Waals surface area contributed by atoms with Gasteiger partial charge in [0.05, 0.1) is 0 Å². The van der Waals surface area contributed by atoms with Gasteiger partial charge in [-0.3, -0.25) is 0 Å². The van der Waals surface area contributed by atoms with E-state index in [9.17, 15) is 0 Å². The lowest BCUT2D eigenvalue weighted by Gasteiger charge is -2.15. The third-order valence-electron chi connectivity index (χ3n) is 2.17. The first-order chi connectivity index (χ1) is 7.35. The fourth-order valence-electron chi connectivity index (χ4n) is 1.38. The predicted octanol–water partition coefficient (Wildman–Crippen LogP) is 3.91. The molecule has 0 aliphatic rings. The highest BCUT2D eigenvalue weighted by Crippen LogP contribution is 2.06. The summed E-state index contributed by atoms with van der Waals surface area (Å²) in [5.41, 5.74) is 0. The number of allylic oxidation sites excluding steroid dienone is 2. The monoisotopic (exact) mass is 214 g/mol. The van der Waals surface area contributed by atoms with Crippen LogP contribution in [0.4, 0.5) is 0 Å². The molecule has 0 saturated heterocycles. The third kappa shape index (κ3) is 9.95. The molecule has 0 amide bonds.